The number of hydrogen-bond acceptors (Lipinski definition) is 4. The molecule has 0 aliphatic heterocycles. The summed E-state index contributed by atoms with van der Waals surface area (Å²) in [6, 6.07) is 8.07. The van der Waals surface area contributed by atoms with Crippen molar-refractivity contribution in [3.05, 3.63) is 41.4 Å². The molecule has 0 radical (unpaired) electrons. The minimum absolute atomic E-state index is 0.624. The molecule has 0 spiro atoms. The number of rotatable bonds is 8. The second kappa shape index (κ2) is 8.57. The Kier molecular flexibility index (Phi) is 6.41. The average molecular weight is 302 g/mol. The van der Waals surface area contributed by atoms with Crippen LogP contribution in [0.4, 0.5) is 0 Å². The molecule has 0 saturated carbocycles. The molecular formula is C17H22N2OS. The van der Waals surface area contributed by atoms with E-state index in [1.54, 1.807) is 11.3 Å². The van der Waals surface area contributed by atoms with Crippen LogP contribution in [0.3, 0.4) is 0 Å². The van der Waals surface area contributed by atoms with Gasteiger partial charge in [-0.05, 0) is 37.1 Å². The molecule has 0 aliphatic rings. The second-order valence-electron chi connectivity index (χ2n) is 4.85. The van der Waals surface area contributed by atoms with Gasteiger partial charge in [0.15, 0.2) is 0 Å². The quantitative estimate of drug-likeness (QED) is 0.651. The molecular weight excluding hydrogens is 280 g/mol. The van der Waals surface area contributed by atoms with Crippen LogP contribution in [-0.2, 0) is 6.42 Å². The Morgan fingerprint density at radius 2 is 1.86 bits per heavy atom. The Bertz CT molecular complexity index is 560. The van der Waals surface area contributed by atoms with Gasteiger partial charge in [0.25, 0.3) is 0 Å². The lowest BCUT2D eigenvalue weighted by Crippen LogP contribution is -1.92. The van der Waals surface area contributed by atoms with Gasteiger partial charge >= 0.3 is 0 Å². The molecule has 2 rings (SSSR count). The lowest BCUT2D eigenvalue weighted by Gasteiger charge is -2.03. The fourth-order valence-corrected chi connectivity index (χ4v) is 2.82. The number of aromatic nitrogens is 2. The fraction of sp³-hybridized carbons (Fsp3) is 0.412. The van der Waals surface area contributed by atoms with Gasteiger partial charge in [-0.3, -0.25) is 0 Å². The van der Waals surface area contributed by atoms with Gasteiger partial charge in [0.05, 0.1) is 0 Å². The molecule has 2 aromatic rings. The molecule has 3 nitrogen and oxygen atoms in total. The number of benzene rings is 1. The van der Waals surface area contributed by atoms with E-state index in [1.807, 2.05) is 24.3 Å². The lowest BCUT2D eigenvalue weighted by atomic mass is 10.2. The van der Waals surface area contributed by atoms with Crippen molar-refractivity contribution < 1.29 is 4.74 Å². The van der Waals surface area contributed by atoms with Gasteiger partial charge in [0.2, 0.25) is 0 Å². The molecule has 0 bridgehead atoms. The van der Waals surface area contributed by atoms with E-state index < -0.39 is 0 Å². The molecule has 1 aromatic heterocycles. The summed E-state index contributed by atoms with van der Waals surface area (Å²) in [6.07, 6.45) is 8.62. The highest BCUT2D eigenvalue weighted by atomic mass is 32.1. The van der Waals surface area contributed by atoms with E-state index >= 15 is 0 Å². The first-order chi connectivity index (χ1) is 10.3. The zero-order valence-corrected chi connectivity index (χ0v) is 13.5. The monoisotopic (exact) mass is 302 g/mol. The van der Waals surface area contributed by atoms with Crippen molar-refractivity contribution >= 4 is 11.3 Å². The maximum Gasteiger partial charge on any atom is 0.147 e. The van der Waals surface area contributed by atoms with Crippen LogP contribution in [0.5, 0.6) is 5.75 Å². The van der Waals surface area contributed by atoms with E-state index in [-0.39, 0.29) is 0 Å². The molecule has 0 unspecified atom stereocenters. The van der Waals surface area contributed by atoms with Crippen LogP contribution in [0.1, 0.15) is 38.1 Å². The lowest BCUT2D eigenvalue weighted by molar-refractivity contribution is 0.362. The maximum atomic E-state index is 5.67. The van der Waals surface area contributed by atoms with Gasteiger partial charge in [-0.15, -0.1) is 10.2 Å². The van der Waals surface area contributed by atoms with Crippen molar-refractivity contribution in [1.82, 2.24) is 10.2 Å². The largest absolute Gasteiger partial charge is 0.490 e. The minimum atomic E-state index is 0.624. The predicted molar refractivity (Wildman–Crippen MR) is 88.9 cm³/mol. The Morgan fingerprint density at radius 3 is 2.57 bits per heavy atom. The summed E-state index contributed by atoms with van der Waals surface area (Å²) >= 11 is 1.67. The number of nitrogens with zero attached hydrogens (tertiary/aromatic N) is 2. The van der Waals surface area contributed by atoms with Gasteiger partial charge in [-0.1, -0.05) is 43.8 Å². The molecule has 21 heavy (non-hydrogen) atoms. The number of unbranched alkanes of at least 4 members (excludes halogenated alkanes) is 1. The summed E-state index contributed by atoms with van der Waals surface area (Å²) in [4.78, 5) is 0. The summed E-state index contributed by atoms with van der Waals surface area (Å²) in [5.74, 6) is 0.887. The SMILES string of the molecule is CCCC=CCOc1ccc(-c2nnc(CCC)s2)cc1. The normalized spacial score (nSPS) is 11.1. The van der Waals surface area contributed by atoms with Crippen molar-refractivity contribution in [2.45, 2.75) is 39.5 Å². The van der Waals surface area contributed by atoms with E-state index in [0.29, 0.717) is 6.61 Å². The molecule has 0 amide bonds. The summed E-state index contributed by atoms with van der Waals surface area (Å²) < 4.78 is 5.67. The number of aryl methyl sites for hydroxylation is 1. The van der Waals surface area contributed by atoms with Gasteiger partial charge in [-0.2, -0.15) is 0 Å². The fourth-order valence-electron chi connectivity index (χ4n) is 1.88. The maximum absolute atomic E-state index is 5.67. The highest BCUT2D eigenvalue weighted by molar-refractivity contribution is 7.14. The summed E-state index contributed by atoms with van der Waals surface area (Å²) in [6.45, 7) is 4.95. The van der Waals surface area contributed by atoms with Crippen molar-refractivity contribution in [3.63, 3.8) is 0 Å². The first-order valence-corrected chi connectivity index (χ1v) is 8.35. The van der Waals surface area contributed by atoms with E-state index in [9.17, 15) is 0 Å². The molecule has 0 saturated heterocycles. The number of hydrogen-bond donors (Lipinski definition) is 0. The first kappa shape index (κ1) is 15.7. The summed E-state index contributed by atoms with van der Waals surface area (Å²) in [7, 11) is 0. The molecule has 1 heterocycles. The van der Waals surface area contributed by atoms with Crippen LogP contribution >= 0.6 is 11.3 Å². The molecule has 1 aromatic carbocycles. The molecule has 4 heteroatoms. The summed E-state index contributed by atoms with van der Waals surface area (Å²) in [5, 5.41) is 10.5. The van der Waals surface area contributed by atoms with Gasteiger partial charge in [0.1, 0.15) is 22.4 Å². The van der Waals surface area contributed by atoms with Crippen molar-refractivity contribution in [1.29, 1.82) is 0 Å². The average Bonchev–Trinajstić information content (AvgIpc) is 2.97. The van der Waals surface area contributed by atoms with E-state index in [2.05, 4.69) is 36.2 Å². The third kappa shape index (κ3) is 4.97. The van der Waals surface area contributed by atoms with Crippen molar-refractivity contribution in [2.24, 2.45) is 0 Å². The van der Waals surface area contributed by atoms with Crippen LogP contribution in [0, 0.1) is 0 Å². The van der Waals surface area contributed by atoms with E-state index in [1.165, 1.54) is 6.42 Å². The number of allylic oxidation sites excluding steroid dienone is 1. The van der Waals surface area contributed by atoms with Crippen molar-refractivity contribution in [3.8, 4) is 16.3 Å². The third-order valence-electron chi connectivity index (χ3n) is 3.00. The Labute approximate surface area is 130 Å². The Morgan fingerprint density at radius 1 is 1.05 bits per heavy atom. The van der Waals surface area contributed by atoms with Gasteiger partial charge < -0.3 is 4.74 Å². The first-order valence-electron chi connectivity index (χ1n) is 7.54. The van der Waals surface area contributed by atoms with Gasteiger partial charge in [0, 0.05) is 12.0 Å². The molecule has 112 valence electrons. The molecule has 0 aliphatic carbocycles. The van der Waals surface area contributed by atoms with Gasteiger partial charge in [-0.25, -0.2) is 0 Å². The topological polar surface area (TPSA) is 35.0 Å². The zero-order valence-electron chi connectivity index (χ0n) is 12.7. The van der Waals surface area contributed by atoms with Crippen molar-refractivity contribution in [2.75, 3.05) is 6.61 Å². The standard InChI is InChI=1S/C17H22N2OS/c1-3-5-6-7-13-20-15-11-9-14(10-12-15)17-19-18-16(21-17)8-4-2/h6-7,9-12H,3-5,8,13H2,1-2H3. The molecule has 0 atom stereocenters. The predicted octanol–water partition coefficient (Wildman–Crippen LogP) is 4.89. The zero-order chi connectivity index (χ0) is 14.9. The van der Waals surface area contributed by atoms with E-state index in [0.717, 1.165) is 40.6 Å². The highest BCUT2D eigenvalue weighted by Gasteiger charge is 2.06. The van der Waals surface area contributed by atoms with Crippen LogP contribution in [0.2, 0.25) is 0 Å². The Hall–Kier alpha value is -1.68. The van der Waals surface area contributed by atoms with Crippen LogP contribution < -0.4 is 4.74 Å². The van der Waals surface area contributed by atoms with Crippen LogP contribution in [-0.4, -0.2) is 16.8 Å². The number of ether oxygens (including phenoxy) is 1. The third-order valence-corrected chi connectivity index (χ3v) is 4.03. The van der Waals surface area contributed by atoms with Crippen LogP contribution in [0.25, 0.3) is 10.6 Å². The Balaban J connectivity index is 1.91. The molecule has 0 N–H and O–H groups in total. The summed E-state index contributed by atoms with van der Waals surface area (Å²) in [5.41, 5.74) is 1.10. The highest BCUT2D eigenvalue weighted by Crippen LogP contribution is 2.26. The van der Waals surface area contributed by atoms with E-state index in [4.69, 9.17) is 4.74 Å². The molecule has 0 fully saturated rings. The minimum Gasteiger partial charge on any atom is -0.490 e. The second-order valence-corrected chi connectivity index (χ2v) is 5.91. The smallest absolute Gasteiger partial charge is 0.147 e. The van der Waals surface area contributed by atoms with Crippen LogP contribution in [0.15, 0.2) is 36.4 Å².